The fourth-order valence-corrected chi connectivity index (χ4v) is 1.07. The van der Waals surface area contributed by atoms with Gasteiger partial charge in [0.05, 0.1) is 19.8 Å². The van der Waals surface area contributed by atoms with Crippen molar-refractivity contribution >= 4 is 5.91 Å². The molecule has 0 aromatic heterocycles. The van der Waals surface area contributed by atoms with E-state index in [9.17, 15) is 9.90 Å². The van der Waals surface area contributed by atoms with Gasteiger partial charge in [-0.15, -0.1) is 0 Å². The van der Waals surface area contributed by atoms with E-state index >= 15 is 0 Å². The number of carbonyl (C=O) groups excluding carboxylic acids is 1. The number of hydrogen-bond donors (Lipinski definition) is 1. The summed E-state index contributed by atoms with van der Waals surface area (Å²) in [5.74, 6) is -0.0648. The van der Waals surface area contributed by atoms with Crippen molar-refractivity contribution in [3.05, 3.63) is 23.8 Å². The van der Waals surface area contributed by atoms with Gasteiger partial charge in [0.15, 0.2) is 0 Å². The second-order valence-electron chi connectivity index (χ2n) is 2.87. The number of ether oxygens (including phenoxy) is 1. The maximum absolute atomic E-state index is 11.6. The molecule has 1 aromatic rings. The van der Waals surface area contributed by atoms with Crippen molar-refractivity contribution < 1.29 is 19.5 Å². The highest BCUT2D eigenvalue weighted by atomic mass is 16.7. The molecule has 0 fully saturated rings. The zero-order valence-electron chi connectivity index (χ0n) is 8.85. The number of benzene rings is 1. The standard InChI is InChI=1S/C10H13NO4/c1-11(15-3)10(13)8-5-4-7(14-2)6-9(8)12/h4-6,12H,1-3H3. The summed E-state index contributed by atoms with van der Waals surface area (Å²) < 4.78 is 4.90. The number of aromatic hydroxyl groups is 1. The van der Waals surface area contributed by atoms with Gasteiger partial charge in [-0.05, 0) is 12.1 Å². The molecule has 0 saturated heterocycles. The summed E-state index contributed by atoms with van der Waals surface area (Å²) >= 11 is 0. The number of rotatable bonds is 3. The van der Waals surface area contributed by atoms with E-state index < -0.39 is 5.91 Å². The molecule has 0 spiro atoms. The van der Waals surface area contributed by atoms with Crippen LogP contribution in [0.25, 0.3) is 0 Å². The van der Waals surface area contributed by atoms with E-state index in [1.54, 1.807) is 6.07 Å². The normalized spacial score (nSPS) is 9.80. The van der Waals surface area contributed by atoms with E-state index in [1.165, 1.54) is 33.4 Å². The number of methoxy groups -OCH3 is 1. The highest BCUT2D eigenvalue weighted by Crippen LogP contribution is 2.24. The van der Waals surface area contributed by atoms with Crippen molar-refractivity contribution in [3.63, 3.8) is 0 Å². The molecule has 0 aliphatic heterocycles. The Labute approximate surface area is 87.8 Å². The summed E-state index contributed by atoms with van der Waals surface area (Å²) in [4.78, 5) is 16.3. The SMILES string of the molecule is COc1ccc(C(=O)N(C)OC)c(O)c1. The lowest BCUT2D eigenvalue weighted by Gasteiger charge is -2.14. The molecule has 0 atom stereocenters. The van der Waals surface area contributed by atoms with Crippen LogP contribution in [-0.4, -0.2) is 37.3 Å². The lowest BCUT2D eigenvalue weighted by molar-refractivity contribution is -0.0758. The van der Waals surface area contributed by atoms with Crippen molar-refractivity contribution in [1.29, 1.82) is 0 Å². The van der Waals surface area contributed by atoms with Crippen molar-refractivity contribution in [3.8, 4) is 11.5 Å². The molecule has 0 bridgehead atoms. The Morgan fingerprint density at radius 1 is 1.40 bits per heavy atom. The Bertz CT molecular complexity index is 364. The minimum atomic E-state index is -0.419. The van der Waals surface area contributed by atoms with Crippen LogP contribution in [0, 0.1) is 0 Å². The third-order valence-electron chi connectivity index (χ3n) is 2.00. The minimum Gasteiger partial charge on any atom is -0.507 e. The maximum Gasteiger partial charge on any atom is 0.280 e. The van der Waals surface area contributed by atoms with Crippen molar-refractivity contribution in [2.75, 3.05) is 21.3 Å². The van der Waals surface area contributed by atoms with Gasteiger partial charge in [-0.2, -0.15) is 0 Å². The van der Waals surface area contributed by atoms with Crippen LogP contribution < -0.4 is 4.74 Å². The van der Waals surface area contributed by atoms with Gasteiger partial charge >= 0.3 is 0 Å². The van der Waals surface area contributed by atoms with Crippen LogP contribution in [0.1, 0.15) is 10.4 Å². The van der Waals surface area contributed by atoms with E-state index in [4.69, 9.17) is 9.57 Å². The topological polar surface area (TPSA) is 59.0 Å². The van der Waals surface area contributed by atoms with Gasteiger partial charge in [-0.1, -0.05) is 0 Å². The van der Waals surface area contributed by atoms with Gasteiger partial charge < -0.3 is 9.84 Å². The smallest absolute Gasteiger partial charge is 0.280 e. The zero-order valence-corrected chi connectivity index (χ0v) is 8.85. The summed E-state index contributed by atoms with van der Waals surface area (Å²) in [6, 6.07) is 4.44. The highest BCUT2D eigenvalue weighted by Gasteiger charge is 2.15. The van der Waals surface area contributed by atoms with E-state index in [-0.39, 0.29) is 11.3 Å². The molecule has 5 nitrogen and oxygen atoms in total. The van der Waals surface area contributed by atoms with E-state index in [0.717, 1.165) is 5.06 Å². The average Bonchev–Trinajstić information content (AvgIpc) is 2.26. The van der Waals surface area contributed by atoms with Gasteiger partial charge in [-0.25, -0.2) is 5.06 Å². The van der Waals surface area contributed by atoms with Gasteiger partial charge in [-0.3, -0.25) is 9.63 Å². The molecule has 0 aliphatic carbocycles. The van der Waals surface area contributed by atoms with Crippen LogP contribution in [0.2, 0.25) is 0 Å². The van der Waals surface area contributed by atoms with E-state index in [0.29, 0.717) is 5.75 Å². The van der Waals surface area contributed by atoms with Crippen LogP contribution in [0.3, 0.4) is 0 Å². The first kappa shape index (κ1) is 11.3. The van der Waals surface area contributed by atoms with Crippen LogP contribution in [0.15, 0.2) is 18.2 Å². The largest absolute Gasteiger partial charge is 0.507 e. The lowest BCUT2D eigenvalue weighted by Crippen LogP contribution is -2.25. The maximum atomic E-state index is 11.6. The van der Waals surface area contributed by atoms with Gasteiger partial charge in [0, 0.05) is 13.1 Å². The number of amides is 1. The molecule has 1 amide bonds. The number of nitrogens with zero attached hydrogens (tertiary/aromatic N) is 1. The molecule has 82 valence electrons. The average molecular weight is 211 g/mol. The molecular formula is C10H13NO4. The Morgan fingerprint density at radius 2 is 2.07 bits per heavy atom. The van der Waals surface area contributed by atoms with Crippen LogP contribution in [0.4, 0.5) is 0 Å². The van der Waals surface area contributed by atoms with E-state index in [2.05, 4.69) is 0 Å². The predicted molar refractivity (Wildman–Crippen MR) is 53.8 cm³/mol. The first-order valence-corrected chi connectivity index (χ1v) is 4.29. The summed E-state index contributed by atoms with van der Waals surface area (Å²) in [6.45, 7) is 0. The summed E-state index contributed by atoms with van der Waals surface area (Å²) in [5.41, 5.74) is 0.167. The zero-order chi connectivity index (χ0) is 11.4. The highest BCUT2D eigenvalue weighted by molar-refractivity contribution is 5.96. The number of phenolic OH excluding ortho intramolecular Hbond substituents is 1. The van der Waals surface area contributed by atoms with Gasteiger partial charge in [0.1, 0.15) is 11.5 Å². The molecule has 1 rings (SSSR count). The summed E-state index contributed by atoms with van der Waals surface area (Å²) in [7, 11) is 4.32. The molecule has 0 radical (unpaired) electrons. The second kappa shape index (κ2) is 4.65. The monoisotopic (exact) mass is 211 g/mol. The lowest BCUT2D eigenvalue weighted by atomic mass is 10.2. The second-order valence-corrected chi connectivity index (χ2v) is 2.87. The summed E-state index contributed by atoms with van der Waals surface area (Å²) in [6.07, 6.45) is 0. The Balaban J connectivity index is 3.00. The molecule has 0 saturated carbocycles. The molecule has 15 heavy (non-hydrogen) atoms. The van der Waals surface area contributed by atoms with Gasteiger partial charge in [0.25, 0.3) is 5.91 Å². The Morgan fingerprint density at radius 3 is 2.53 bits per heavy atom. The fourth-order valence-electron chi connectivity index (χ4n) is 1.07. The Kier molecular flexibility index (Phi) is 3.51. The van der Waals surface area contributed by atoms with Crippen molar-refractivity contribution in [1.82, 2.24) is 5.06 Å². The first-order chi connectivity index (χ1) is 7.10. The molecule has 0 aliphatic rings. The number of hydroxylamine groups is 2. The molecular weight excluding hydrogens is 198 g/mol. The third kappa shape index (κ3) is 2.38. The third-order valence-corrected chi connectivity index (χ3v) is 2.00. The fraction of sp³-hybridized carbons (Fsp3) is 0.300. The molecule has 5 heteroatoms. The van der Waals surface area contributed by atoms with Crippen molar-refractivity contribution in [2.24, 2.45) is 0 Å². The molecule has 0 heterocycles. The number of hydrogen-bond acceptors (Lipinski definition) is 4. The van der Waals surface area contributed by atoms with Crippen LogP contribution in [-0.2, 0) is 4.84 Å². The van der Waals surface area contributed by atoms with Gasteiger partial charge in [0.2, 0.25) is 0 Å². The quantitative estimate of drug-likeness (QED) is 0.759. The van der Waals surface area contributed by atoms with E-state index in [1.807, 2.05) is 0 Å². The number of phenols is 1. The Hall–Kier alpha value is -1.75. The molecule has 1 N–H and O–H groups in total. The molecule has 0 unspecified atom stereocenters. The first-order valence-electron chi connectivity index (χ1n) is 4.29. The number of carbonyl (C=O) groups is 1. The van der Waals surface area contributed by atoms with Crippen molar-refractivity contribution in [2.45, 2.75) is 0 Å². The van der Waals surface area contributed by atoms with Crippen LogP contribution in [0.5, 0.6) is 11.5 Å². The summed E-state index contributed by atoms with van der Waals surface area (Å²) in [5, 5.41) is 10.6. The van der Waals surface area contributed by atoms with Crippen LogP contribution >= 0.6 is 0 Å². The molecule has 1 aromatic carbocycles. The minimum absolute atomic E-state index is 0.136. The predicted octanol–water partition coefficient (Wildman–Crippen LogP) is 1.03.